The molecule has 4 rings (SSSR count). The van der Waals surface area contributed by atoms with Gasteiger partial charge in [0.1, 0.15) is 6.10 Å². The fraction of sp³-hybridized carbons (Fsp3) is 0.818. The fourth-order valence-corrected chi connectivity index (χ4v) is 9.41. The van der Waals surface area contributed by atoms with Crippen LogP contribution in [-0.4, -0.2) is 17.9 Å². The van der Waals surface area contributed by atoms with Gasteiger partial charge in [-0.2, -0.15) is 0 Å². The third kappa shape index (κ3) is 4.06. The molecule has 0 saturated heterocycles. The first-order valence-electron chi connectivity index (χ1n) is 14.7. The Balaban J connectivity index is 1.69. The zero-order valence-electron chi connectivity index (χ0n) is 24.8. The van der Waals surface area contributed by atoms with Crippen LogP contribution in [0.5, 0.6) is 0 Å². The third-order valence-electron chi connectivity index (χ3n) is 12.1. The summed E-state index contributed by atoms with van der Waals surface area (Å²) in [5, 5.41) is 0. The van der Waals surface area contributed by atoms with Crippen molar-refractivity contribution in [1.29, 1.82) is 0 Å². The molecule has 0 spiro atoms. The first-order valence-corrected chi connectivity index (χ1v) is 14.7. The van der Waals surface area contributed by atoms with Gasteiger partial charge in [-0.05, 0) is 96.5 Å². The van der Waals surface area contributed by atoms with Crippen molar-refractivity contribution in [3.63, 3.8) is 0 Å². The fourth-order valence-electron chi connectivity index (χ4n) is 9.41. The Hall–Kier alpha value is -1.38. The van der Waals surface area contributed by atoms with Gasteiger partial charge in [0, 0.05) is 17.9 Å². The van der Waals surface area contributed by atoms with Crippen LogP contribution in [0.25, 0.3) is 0 Å². The summed E-state index contributed by atoms with van der Waals surface area (Å²) >= 11 is 0. The number of ether oxygens (including phenoxy) is 1. The molecule has 2 saturated carbocycles. The summed E-state index contributed by atoms with van der Waals surface area (Å²) in [7, 11) is 0. The summed E-state index contributed by atoms with van der Waals surface area (Å²) in [6, 6.07) is 0. The van der Waals surface area contributed by atoms with Crippen molar-refractivity contribution < 1.29 is 14.3 Å². The third-order valence-corrected chi connectivity index (χ3v) is 12.1. The highest BCUT2D eigenvalue weighted by Gasteiger charge is 2.65. The number of ketones is 1. The highest BCUT2D eigenvalue weighted by molar-refractivity contribution is 6.07. The van der Waals surface area contributed by atoms with Gasteiger partial charge in [-0.25, -0.2) is 0 Å². The Bertz CT molecular complexity index is 969. The minimum absolute atomic E-state index is 0.0653. The molecule has 3 nitrogen and oxygen atoms in total. The van der Waals surface area contributed by atoms with Crippen LogP contribution < -0.4 is 0 Å². The van der Waals surface area contributed by atoms with Gasteiger partial charge in [0.25, 0.3) is 0 Å². The molecule has 1 unspecified atom stereocenters. The van der Waals surface area contributed by atoms with Crippen LogP contribution in [0.3, 0.4) is 0 Å². The van der Waals surface area contributed by atoms with Gasteiger partial charge in [-0.15, -0.1) is 0 Å². The number of esters is 1. The van der Waals surface area contributed by atoms with Crippen molar-refractivity contribution >= 4 is 11.8 Å². The molecule has 0 aromatic rings. The Labute approximate surface area is 220 Å². The van der Waals surface area contributed by atoms with Crippen LogP contribution in [-0.2, 0) is 14.3 Å². The lowest BCUT2D eigenvalue weighted by Gasteiger charge is -2.61. The van der Waals surface area contributed by atoms with Crippen LogP contribution in [0.15, 0.2) is 23.3 Å². The standard InChI is InChI=1S/C33H52O3/c1-20(2)11-12-22(4)30(6,7)29-14-16-32(9)25-17-27(35)26-18-28(36-23(5)34)21(3)19-31(26,8)24(25)13-15-33(29,32)10/h17-18,20-22,24,28-29H,11-16,19H2,1-10H3/t21-,22+,24?,28-,29+,31+,32-,33+/m0/s1. The quantitative estimate of drug-likeness (QED) is 0.347. The van der Waals surface area contributed by atoms with E-state index in [0.717, 1.165) is 24.3 Å². The summed E-state index contributed by atoms with van der Waals surface area (Å²) in [5.74, 6) is 2.61. The topological polar surface area (TPSA) is 43.4 Å². The summed E-state index contributed by atoms with van der Waals surface area (Å²) in [6.45, 7) is 23.3. The molecule has 0 heterocycles. The number of fused-ring (bicyclic) bond motifs is 5. The number of hydrogen-bond acceptors (Lipinski definition) is 3. The molecule has 4 aliphatic rings. The van der Waals surface area contributed by atoms with Crippen molar-refractivity contribution in [3.8, 4) is 0 Å². The van der Waals surface area contributed by atoms with Crippen LogP contribution in [0.2, 0.25) is 0 Å². The molecule has 36 heavy (non-hydrogen) atoms. The van der Waals surface area contributed by atoms with Crippen LogP contribution >= 0.6 is 0 Å². The predicted molar refractivity (Wildman–Crippen MR) is 147 cm³/mol. The van der Waals surface area contributed by atoms with E-state index in [1.54, 1.807) is 0 Å². The number of carbonyl (C=O) groups excluding carboxylic acids is 2. The molecular weight excluding hydrogens is 444 g/mol. The second kappa shape index (κ2) is 9.12. The zero-order valence-corrected chi connectivity index (χ0v) is 24.8. The molecule has 2 fully saturated rings. The molecule has 0 bridgehead atoms. The van der Waals surface area contributed by atoms with Crippen molar-refractivity contribution in [3.05, 3.63) is 23.3 Å². The van der Waals surface area contributed by atoms with Crippen molar-refractivity contribution in [2.75, 3.05) is 0 Å². The molecule has 0 aromatic carbocycles. The number of rotatable bonds is 6. The average Bonchev–Trinajstić information content (AvgIpc) is 3.05. The smallest absolute Gasteiger partial charge is 0.303 e. The van der Waals surface area contributed by atoms with Crippen molar-refractivity contribution in [1.82, 2.24) is 0 Å². The van der Waals surface area contributed by atoms with E-state index in [-0.39, 0.29) is 45.4 Å². The lowest BCUT2D eigenvalue weighted by atomic mass is 9.43. The number of allylic oxidation sites excluding steroid dienone is 3. The van der Waals surface area contributed by atoms with Crippen LogP contribution in [0.1, 0.15) is 114 Å². The van der Waals surface area contributed by atoms with E-state index in [2.05, 4.69) is 62.3 Å². The van der Waals surface area contributed by atoms with Crippen molar-refractivity contribution in [2.24, 2.45) is 51.2 Å². The summed E-state index contributed by atoms with van der Waals surface area (Å²) in [5.41, 5.74) is 2.72. The highest BCUT2D eigenvalue weighted by Crippen LogP contribution is 2.73. The first-order chi connectivity index (χ1) is 16.6. The van der Waals surface area contributed by atoms with Gasteiger partial charge < -0.3 is 4.74 Å². The molecule has 0 aliphatic heterocycles. The SMILES string of the molecule is CC(=O)O[C@H]1C=C2C(=O)C=C3C(CC[C@]4(C)[C@@H](C(C)(C)[C@H](C)CCC(C)C)CC[C@@]34C)[C@@]2(C)C[C@@H]1C. The number of hydrogen-bond donors (Lipinski definition) is 0. The molecule has 0 aromatic heterocycles. The first kappa shape index (κ1) is 27.6. The molecule has 0 amide bonds. The van der Waals surface area contributed by atoms with E-state index in [1.165, 1.54) is 44.6 Å². The van der Waals surface area contributed by atoms with Gasteiger partial charge >= 0.3 is 5.97 Å². The van der Waals surface area contributed by atoms with Crippen molar-refractivity contribution in [2.45, 2.75) is 120 Å². The molecule has 202 valence electrons. The van der Waals surface area contributed by atoms with E-state index in [9.17, 15) is 9.59 Å². The minimum Gasteiger partial charge on any atom is -0.458 e. The zero-order chi connectivity index (χ0) is 26.8. The number of carbonyl (C=O) groups is 2. The van der Waals surface area contributed by atoms with Gasteiger partial charge in [-0.1, -0.05) is 74.3 Å². The Kier molecular flexibility index (Phi) is 7.01. The van der Waals surface area contributed by atoms with E-state index in [1.807, 2.05) is 12.2 Å². The second-order valence-corrected chi connectivity index (χ2v) is 14.8. The minimum atomic E-state index is -0.294. The molecular formula is C33H52O3. The maximum absolute atomic E-state index is 13.7. The maximum Gasteiger partial charge on any atom is 0.303 e. The largest absolute Gasteiger partial charge is 0.458 e. The average molecular weight is 497 g/mol. The van der Waals surface area contributed by atoms with Crippen LogP contribution in [0.4, 0.5) is 0 Å². The molecule has 4 aliphatic carbocycles. The summed E-state index contributed by atoms with van der Waals surface area (Å²) in [6.07, 6.45) is 12.1. The lowest BCUT2D eigenvalue weighted by molar-refractivity contribution is -0.147. The Morgan fingerprint density at radius 3 is 2.39 bits per heavy atom. The molecule has 0 N–H and O–H groups in total. The normalized spacial score (nSPS) is 41.1. The Morgan fingerprint density at radius 1 is 1.11 bits per heavy atom. The van der Waals surface area contributed by atoms with Gasteiger partial charge in [0.15, 0.2) is 5.78 Å². The lowest BCUT2D eigenvalue weighted by Crippen LogP contribution is -2.54. The molecule has 0 radical (unpaired) electrons. The van der Waals surface area contributed by atoms with Gasteiger partial charge in [0.2, 0.25) is 0 Å². The predicted octanol–water partition coefficient (Wildman–Crippen LogP) is 8.33. The highest BCUT2D eigenvalue weighted by atomic mass is 16.5. The summed E-state index contributed by atoms with van der Waals surface area (Å²) < 4.78 is 5.61. The van der Waals surface area contributed by atoms with E-state index in [0.29, 0.717) is 17.8 Å². The summed E-state index contributed by atoms with van der Waals surface area (Å²) in [4.78, 5) is 25.4. The molecule has 3 heteroatoms. The van der Waals surface area contributed by atoms with Gasteiger partial charge in [0.05, 0.1) is 0 Å². The Morgan fingerprint density at radius 2 is 1.78 bits per heavy atom. The molecule has 8 atom stereocenters. The van der Waals surface area contributed by atoms with Crippen LogP contribution in [0, 0.1) is 51.2 Å². The van der Waals surface area contributed by atoms with E-state index in [4.69, 9.17) is 4.74 Å². The van der Waals surface area contributed by atoms with E-state index < -0.39 is 0 Å². The van der Waals surface area contributed by atoms with E-state index >= 15 is 0 Å². The second-order valence-electron chi connectivity index (χ2n) is 14.8. The monoisotopic (exact) mass is 496 g/mol. The maximum atomic E-state index is 13.7. The van der Waals surface area contributed by atoms with Gasteiger partial charge in [-0.3, -0.25) is 9.59 Å².